The van der Waals surface area contributed by atoms with Crippen molar-refractivity contribution in [3.63, 3.8) is 0 Å². The van der Waals surface area contributed by atoms with Crippen molar-refractivity contribution in [2.24, 2.45) is 0 Å². The van der Waals surface area contributed by atoms with Gasteiger partial charge in [-0.05, 0) is 25.0 Å². The van der Waals surface area contributed by atoms with E-state index in [1.165, 1.54) is 22.2 Å². The Labute approximate surface area is 140 Å². The Balaban J connectivity index is 1.92. The number of aromatic nitrogens is 3. The molecule has 3 rings (SSSR count). The highest BCUT2D eigenvalue weighted by atomic mass is 32.2. The first-order valence-electron chi connectivity index (χ1n) is 7.75. The predicted octanol–water partition coefficient (Wildman–Crippen LogP) is 0.556. The molecule has 1 saturated heterocycles. The number of hydrogen-bond acceptors (Lipinski definition) is 5. The first-order chi connectivity index (χ1) is 11.5. The molecule has 0 spiro atoms. The van der Waals surface area contributed by atoms with Crippen LogP contribution in [0.4, 0.5) is 0 Å². The Morgan fingerprint density at radius 3 is 2.71 bits per heavy atom. The number of sulfonamides is 1. The van der Waals surface area contributed by atoms with Crippen molar-refractivity contribution < 1.29 is 13.2 Å². The number of piperidine rings is 1. The number of carbonyl (C=O) groups excluding carboxylic acids is 1. The van der Waals surface area contributed by atoms with Crippen LogP contribution in [-0.4, -0.2) is 53.3 Å². The van der Waals surface area contributed by atoms with Crippen molar-refractivity contribution in [3.8, 4) is 5.69 Å². The van der Waals surface area contributed by atoms with Crippen LogP contribution in [0, 0.1) is 0 Å². The molecule has 1 aromatic heterocycles. The molecule has 1 fully saturated rings. The predicted molar refractivity (Wildman–Crippen MR) is 87.0 cm³/mol. The molecule has 1 aromatic carbocycles. The molecule has 1 atom stereocenters. The molecule has 9 heteroatoms. The summed E-state index contributed by atoms with van der Waals surface area (Å²) >= 11 is 0. The Morgan fingerprint density at radius 1 is 1.25 bits per heavy atom. The van der Waals surface area contributed by atoms with E-state index in [9.17, 15) is 13.2 Å². The monoisotopic (exact) mass is 349 g/mol. The lowest BCUT2D eigenvalue weighted by molar-refractivity contribution is -0.125. The topological polar surface area (TPSA) is 97.2 Å². The van der Waals surface area contributed by atoms with Gasteiger partial charge >= 0.3 is 0 Å². The van der Waals surface area contributed by atoms with E-state index >= 15 is 0 Å². The maximum Gasteiger partial charge on any atom is 0.264 e. The quantitative estimate of drug-likeness (QED) is 0.870. The molecular weight excluding hydrogens is 330 g/mol. The number of nitrogens with one attached hydrogen (secondary N) is 1. The fraction of sp³-hybridized carbons (Fsp3) is 0.400. The highest BCUT2D eigenvalue weighted by Crippen LogP contribution is 2.24. The van der Waals surface area contributed by atoms with Crippen LogP contribution in [0.25, 0.3) is 5.69 Å². The van der Waals surface area contributed by atoms with Crippen molar-refractivity contribution in [2.45, 2.75) is 30.3 Å². The lowest BCUT2D eigenvalue weighted by atomic mass is 10.0. The van der Waals surface area contributed by atoms with E-state index in [0.717, 1.165) is 12.8 Å². The van der Waals surface area contributed by atoms with E-state index in [4.69, 9.17) is 0 Å². The summed E-state index contributed by atoms with van der Waals surface area (Å²) in [6.07, 6.45) is 3.42. The van der Waals surface area contributed by atoms with Gasteiger partial charge in [-0.2, -0.15) is 4.31 Å². The summed E-state index contributed by atoms with van der Waals surface area (Å²) in [5, 5.41) is 10.1. The molecule has 8 nitrogen and oxygen atoms in total. The molecule has 1 unspecified atom stereocenters. The summed E-state index contributed by atoms with van der Waals surface area (Å²) in [5.74, 6) is -0.297. The molecule has 1 amide bonds. The second-order valence-corrected chi connectivity index (χ2v) is 7.42. The van der Waals surface area contributed by atoms with Crippen molar-refractivity contribution in [1.29, 1.82) is 0 Å². The average Bonchev–Trinajstić information content (AvgIpc) is 3.13. The zero-order valence-corrected chi connectivity index (χ0v) is 14.1. The highest BCUT2D eigenvalue weighted by molar-refractivity contribution is 7.89. The van der Waals surface area contributed by atoms with E-state index in [-0.39, 0.29) is 10.9 Å². The minimum Gasteiger partial charge on any atom is -0.358 e. The van der Waals surface area contributed by atoms with Crippen molar-refractivity contribution in [1.82, 2.24) is 24.6 Å². The van der Waals surface area contributed by atoms with Crippen molar-refractivity contribution in [2.75, 3.05) is 13.6 Å². The summed E-state index contributed by atoms with van der Waals surface area (Å²) in [5.41, 5.74) is 0.716. The molecule has 0 bridgehead atoms. The third-order valence-corrected chi connectivity index (χ3v) is 5.84. The van der Waals surface area contributed by atoms with Gasteiger partial charge in [0.1, 0.15) is 6.04 Å². The van der Waals surface area contributed by atoms with Crippen LogP contribution in [0.15, 0.2) is 41.6 Å². The average molecular weight is 349 g/mol. The second-order valence-electron chi connectivity index (χ2n) is 5.58. The molecule has 1 aliphatic rings. The van der Waals surface area contributed by atoms with Crippen LogP contribution in [0.3, 0.4) is 0 Å². The number of rotatable bonds is 4. The lowest BCUT2D eigenvalue weighted by Crippen LogP contribution is -2.51. The van der Waals surface area contributed by atoms with Gasteiger partial charge in [0.25, 0.3) is 10.0 Å². The number of benzene rings is 1. The number of hydrogen-bond donors (Lipinski definition) is 1. The van der Waals surface area contributed by atoms with E-state index < -0.39 is 16.1 Å². The van der Waals surface area contributed by atoms with E-state index in [2.05, 4.69) is 15.6 Å². The Bertz CT molecular complexity index is 819. The Hall–Kier alpha value is -2.26. The molecular formula is C15H19N5O3S. The third kappa shape index (κ3) is 3.04. The van der Waals surface area contributed by atoms with Crippen molar-refractivity contribution in [3.05, 3.63) is 36.5 Å². The summed E-state index contributed by atoms with van der Waals surface area (Å²) in [7, 11) is -2.37. The van der Waals surface area contributed by atoms with Gasteiger partial charge in [-0.15, -0.1) is 5.10 Å². The molecule has 2 aromatic rings. The maximum atomic E-state index is 12.9. The fourth-order valence-electron chi connectivity index (χ4n) is 2.82. The molecule has 0 saturated carbocycles. The first-order valence-corrected chi connectivity index (χ1v) is 9.19. The molecule has 1 aliphatic heterocycles. The lowest BCUT2D eigenvalue weighted by Gasteiger charge is -2.32. The van der Waals surface area contributed by atoms with Gasteiger partial charge in [0.2, 0.25) is 10.9 Å². The van der Waals surface area contributed by atoms with Crippen LogP contribution in [0.5, 0.6) is 0 Å². The molecule has 0 aliphatic carbocycles. The van der Waals surface area contributed by atoms with Crippen LogP contribution >= 0.6 is 0 Å². The minimum atomic E-state index is -3.88. The fourth-order valence-corrected chi connectivity index (χ4v) is 4.33. The largest absolute Gasteiger partial charge is 0.358 e. The Morgan fingerprint density at radius 2 is 2.00 bits per heavy atom. The minimum absolute atomic E-state index is 0.151. The molecule has 1 N–H and O–H groups in total. The van der Waals surface area contributed by atoms with Crippen LogP contribution < -0.4 is 5.32 Å². The van der Waals surface area contributed by atoms with Crippen LogP contribution in [-0.2, 0) is 14.8 Å². The zero-order valence-electron chi connectivity index (χ0n) is 13.3. The van der Waals surface area contributed by atoms with E-state index in [0.29, 0.717) is 18.7 Å². The first kappa shape index (κ1) is 16.6. The number of carbonyl (C=O) groups is 1. The molecule has 128 valence electrons. The summed E-state index contributed by atoms with van der Waals surface area (Å²) < 4.78 is 28.4. The van der Waals surface area contributed by atoms with E-state index in [1.807, 2.05) is 18.2 Å². The number of amides is 1. The normalized spacial score (nSPS) is 19.1. The summed E-state index contributed by atoms with van der Waals surface area (Å²) in [6, 6.07) is 8.43. The highest BCUT2D eigenvalue weighted by Gasteiger charge is 2.38. The number of para-hydroxylation sites is 1. The van der Waals surface area contributed by atoms with Gasteiger partial charge in [0.05, 0.1) is 11.9 Å². The van der Waals surface area contributed by atoms with E-state index in [1.54, 1.807) is 12.1 Å². The van der Waals surface area contributed by atoms with Gasteiger partial charge in [-0.1, -0.05) is 29.8 Å². The van der Waals surface area contributed by atoms with Gasteiger partial charge in [-0.25, -0.2) is 13.1 Å². The second kappa shape index (κ2) is 6.70. The van der Waals surface area contributed by atoms with Crippen molar-refractivity contribution >= 4 is 15.9 Å². The summed E-state index contributed by atoms with van der Waals surface area (Å²) in [6.45, 7) is 0.304. The molecule has 2 heterocycles. The van der Waals surface area contributed by atoms with Crippen LogP contribution in [0.1, 0.15) is 19.3 Å². The third-order valence-electron chi connectivity index (χ3n) is 4.07. The zero-order chi connectivity index (χ0) is 17.2. The molecule has 24 heavy (non-hydrogen) atoms. The Kier molecular flexibility index (Phi) is 4.63. The van der Waals surface area contributed by atoms with Crippen LogP contribution in [0.2, 0.25) is 0 Å². The van der Waals surface area contributed by atoms with Gasteiger partial charge in [0.15, 0.2) is 0 Å². The summed E-state index contributed by atoms with van der Waals surface area (Å²) in [4.78, 5) is 12.0. The number of likely N-dealkylation sites (N-methyl/N-ethyl adjacent to an activating group) is 1. The smallest absolute Gasteiger partial charge is 0.264 e. The molecule has 0 radical (unpaired) electrons. The standard InChI is InChI=1S/C15H19N5O3S/c1-16-15(21)13-9-5-6-10-20(13)24(22,23)14-11-19(18-17-14)12-7-3-2-4-8-12/h2-4,7-8,11,13H,5-6,9-10H2,1H3,(H,16,21). The SMILES string of the molecule is CNC(=O)C1CCCCN1S(=O)(=O)c1cn(-c2ccccc2)nn1. The van der Waals surface area contributed by atoms with Gasteiger partial charge in [0, 0.05) is 13.6 Å². The maximum absolute atomic E-state index is 12.9. The number of nitrogens with zero attached hydrogens (tertiary/aromatic N) is 4. The van der Waals surface area contributed by atoms with Gasteiger partial charge < -0.3 is 5.32 Å². The van der Waals surface area contributed by atoms with Gasteiger partial charge in [-0.3, -0.25) is 4.79 Å².